The summed E-state index contributed by atoms with van der Waals surface area (Å²) in [7, 11) is -2.29. The van der Waals surface area contributed by atoms with Crippen molar-refractivity contribution in [2.24, 2.45) is 17.8 Å². The summed E-state index contributed by atoms with van der Waals surface area (Å²) in [4.78, 5) is 13.2. The number of nitrogens with one attached hydrogen (secondary N) is 2. The third-order valence-corrected chi connectivity index (χ3v) is 9.35. The molecule has 0 atom stereocenters. The standard InChI is InChI=1S/C23H32N2O4S/c1-29-20-7-6-18(11-21(20)30(27,28)25-19-4-2-3-5-19)22(26)24-23-12-15-8-16(13-23)10-17(9-15)14-23/h6-7,11,15-17,19,25H,2-5,8-10,12-14H2,1H3,(H,24,26). The quantitative estimate of drug-likeness (QED) is 0.719. The first-order valence-corrected chi connectivity index (χ1v) is 12.9. The molecule has 0 unspecified atom stereocenters. The lowest BCUT2D eigenvalue weighted by Crippen LogP contribution is -2.59. The molecule has 5 aliphatic carbocycles. The second-order valence-electron chi connectivity index (χ2n) is 10.1. The van der Waals surface area contributed by atoms with Gasteiger partial charge in [0.1, 0.15) is 10.6 Å². The van der Waals surface area contributed by atoms with E-state index in [0.717, 1.165) is 62.7 Å². The molecule has 6 nitrogen and oxygen atoms in total. The lowest BCUT2D eigenvalue weighted by Gasteiger charge is -2.56. The molecular weight excluding hydrogens is 400 g/mol. The molecule has 164 valence electrons. The molecule has 6 rings (SSSR count). The molecule has 0 radical (unpaired) electrons. The van der Waals surface area contributed by atoms with Gasteiger partial charge in [0.05, 0.1) is 7.11 Å². The number of sulfonamides is 1. The van der Waals surface area contributed by atoms with Crippen molar-refractivity contribution in [2.45, 2.75) is 80.7 Å². The van der Waals surface area contributed by atoms with Gasteiger partial charge >= 0.3 is 0 Å². The number of amides is 1. The number of ether oxygens (including phenoxy) is 1. The van der Waals surface area contributed by atoms with Crippen LogP contribution in [0.4, 0.5) is 0 Å². The summed E-state index contributed by atoms with van der Waals surface area (Å²) in [6.45, 7) is 0. The molecular formula is C23H32N2O4S. The monoisotopic (exact) mass is 432 g/mol. The Balaban J connectivity index is 1.38. The minimum Gasteiger partial charge on any atom is -0.495 e. The Labute approximate surface area is 179 Å². The van der Waals surface area contributed by atoms with E-state index in [1.807, 2.05) is 0 Å². The van der Waals surface area contributed by atoms with Crippen LogP contribution >= 0.6 is 0 Å². The van der Waals surface area contributed by atoms with E-state index in [1.165, 1.54) is 32.4 Å². The average Bonchev–Trinajstić information content (AvgIpc) is 3.18. The zero-order chi connectivity index (χ0) is 20.9. The molecule has 0 heterocycles. The first kappa shape index (κ1) is 20.3. The maximum atomic E-state index is 13.2. The molecule has 30 heavy (non-hydrogen) atoms. The van der Waals surface area contributed by atoms with Crippen LogP contribution in [-0.2, 0) is 10.0 Å². The fourth-order valence-electron chi connectivity index (χ4n) is 6.93. The van der Waals surface area contributed by atoms with Crippen LogP contribution in [0.1, 0.15) is 74.6 Å². The van der Waals surface area contributed by atoms with Crippen LogP contribution in [0, 0.1) is 17.8 Å². The number of hydrogen-bond acceptors (Lipinski definition) is 4. The van der Waals surface area contributed by atoms with Crippen LogP contribution in [0.5, 0.6) is 5.75 Å². The summed E-state index contributed by atoms with van der Waals surface area (Å²) in [5, 5.41) is 3.34. The fourth-order valence-corrected chi connectivity index (χ4v) is 8.43. The molecule has 1 aromatic rings. The number of carbonyl (C=O) groups is 1. The molecule has 0 aromatic heterocycles. The van der Waals surface area contributed by atoms with Crippen LogP contribution in [0.2, 0.25) is 0 Å². The summed E-state index contributed by atoms with van der Waals surface area (Å²) in [5.41, 5.74) is 0.283. The minimum atomic E-state index is -3.75. The highest BCUT2D eigenvalue weighted by atomic mass is 32.2. The molecule has 7 heteroatoms. The Hall–Kier alpha value is -1.60. The third kappa shape index (κ3) is 3.75. The van der Waals surface area contributed by atoms with Gasteiger partial charge in [-0.25, -0.2) is 13.1 Å². The van der Waals surface area contributed by atoms with Crippen LogP contribution in [0.3, 0.4) is 0 Å². The molecule has 0 saturated heterocycles. The third-order valence-electron chi connectivity index (χ3n) is 7.81. The van der Waals surface area contributed by atoms with Crippen molar-refractivity contribution in [3.05, 3.63) is 23.8 Å². The van der Waals surface area contributed by atoms with E-state index in [2.05, 4.69) is 10.0 Å². The highest BCUT2D eigenvalue weighted by Crippen LogP contribution is 2.55. The van der Waals surface area contributed by atoms with Gasteiger partial charge in [-0.15, -0.1) is 0 Å². The van der Waals surface area contributed by atoms with Crippen molar-refractivity contribution in [1.82, 2.24) is 10.0 Å². The van der Waals surface area contributed by atoms with E-state index in [0.29, 0.717) is 5.56 Å². The van der Waals surface area contributed by atoms with Gasteiger partial charge in [0.2, 0.25) is 10.0 Å². The number of carbonyl (C=O) groups excluding carboxylic acids is 1. The maximum Gasteiger partial charge on any atom is 0.251 e. The Morgan fingerprint density at radius 1 is 1.03 bits per heavy atom. The lowest BCUT2D eigenvalue weighted by atomic mass is 9.53. The van der Waals surface area contributed by atoms with Crippen LogP contribution in [0.15, 0.2) is 23.1 Å². The number of rotatable bonds is 6. The molecule has 5 saturated carbocycles. The summed E-state index contributed by atoms with van der Waals surface area (Å²) < 4.78 is 34.2. The minimum absolute atomic E-state index is 0.0378. The van der Waals surface area contributed by atoms with Gasteiger partial charge in [-0.05, 0) is 87.3 Å². The SMILES string of the molecule is COc1ccc(C(=O)NC23CC4CC(CC(C4)C2)C3)cc1S(=O)(=O)NC1CCCC1. The zero-order valence-electron chi connectivity index (χ0n) is 17.7. The molecule has 4 bridgehead atoms. The summed E-state index contributed by atoms with van der Waals surface area (Å²) in [5.74, 6) is 2.31. The summed E-state index contributed by atoms with van der Waals surface area (Å²) in [6, 6.07) is 4.71. The molecule has 1 aromatic carbocycles. The summed E-state index contributed by atoms with van der Waals surface area (Å²) >= 11 is 0. The van der Waals surface area contributed by atoms with Gasteiger partial charge in [-0.2, -0.15) is 0 Å². The first-order chi connectivity index (χ1) is 14.4. The second-order valence-corrected chi connectivity index (χ2v) is 11.8. The Morgan fingerprint density at radius 3 is 2.20 bits per heavy atom. The molecule has 0 spiro atoms. The largest absolute Gasteiger partial charge is 0.495 e. The Bertz CT molecular complexity index is 901. The van der Waals surface area contributed by atoms with Crippen molar-refractivity contribution in [1.29, 1.82) is 0 Å². The molecule has 2 N–H and O–H groups in total. The lowest BCUT2D eigenvalue weighted by molar-refractivity contribution is -0.0167. The smallest absolute Gasteiger partial charge is 0.251 e. The Morgan fingerprint density at radius 2 is 1.63 bits per heavy atom. The van der Waals surface area contributed by atoms with Crippen molar-refractivity contribution in [3.63, 3.8) is 0 Å². The van der Waals surface area contributed by atoms with Gasteiger partial charge in [0.25, 0.3) is 5.91 Å². The molecule has 0 aliphatic heterocycles. The first-order valence-electron chi connectivity index (χ1n) is 11.4. The highest BCUT2D eigenvalue weighted by molar-refractivity contribution is 7.89. The maximum absolute atomic E-state index is 13.2. The normalized spacial score (nSPS) is 33.0. The predicted octanol–water partition coefficient (Wildman–Crippen LogP) is 3.61. The van der Waals surface area contributed by atoms with E-state index in [1.54, 1.807) is 12.1 Å². The zero-order valence-corrected chi connectivity index (χ0v) is 18.5. The molecule has 1 amide bonds. The number of hydrogen-bond donors (Lipinski definition) is 2. The van der Waals surface area contributed by atoms with Crippen molar-refractivity contribution in [2.75, 3.05) is 7.11 Å². The van der Waals surface area contributed by atoms with Crippen molar-refractivity contribution < 1.29 is 17.9 Å². The number of methoxy groups -OCH3 is 1. The van der Waals surface area contributed by atoms with Gasteiger partial charge in [-0.1, -0.05) is 12.8 Å². The van der Waals surface area contributed by atoms with Gasteiger partial charge in [0.15, 0.2) is 0 Å². The van der Waals surface area contributed by atoms with E-state index in [9.17, 15) is 13.2 Å². The van der Waals surface area contributed by atoms with Crippen molar-refractivity contribution >= 4 is 15.9 Å². The van der Waals surface area contributed by atoms with Gasteiger partial charge in [0, 0.05) is 17.1 Å². The van der Waals surface area contributed by atoms with E-state index < -0.39 is 10.0 Å². The summed E-state index contributed by atoms with van der Waals surface area (Å²) in [6.07, 6.45) is 10.9. The van der Waals surface area contributed by atoms with E-state index >= 15 is 0 Å². The van der Waals surface area contributed by atoms with Crippen LogP contribution in [-0.4, -0.2) is 33.0 Å². The van der Waals surface area contributed by atoms with Crippen molar-refractivity contribution in [3.8, 4) is 5.75 Å². The highest BCUT2D eigenvalue weighted by Gasteiger charge is 2.51. The fraction of sp³-hybridized carbons (Fsp3) is 0.696. The van der Waals surface area contributed by atoms with E-state index in [4.69, 9.17) is 4.74 Å². The van der Waals surface area contributed by atoms with Crippen LogP contribution < -0.4 is 14.8 Å². The Kier molecular flexibility index (Phi) is 5.09. The second kappa shape index (κ2) is 7.52. The molecule has 5 fully saturated rings. The predicted molar refractivity (Wildman–Crippen MR) is 114 cm³/mol. The van der Waals surface area contributed by atoms with Gasteiger partial charge < -0.3 is 10.1 Å². The van der Waals surface area contributed by atoms with Gasteiger partial charge in [-0.3, -0.25) is 4.79 Å². The average molecular weight is 433 g/mol. The van der Waals surface area contributed by atoms with E-state index in [-0.39, 0.29) is 28.1 Å². The van der Waals surface area contributed by atoms with Crippen LogP contribution in [0.25, 0.3) is 0 Å². The molecule has 5 aliphatic rings. The number of benzene rings is 1. The topological polar surface area (TPSA) is 84.5 Å².